The fraction of sp³-hybridized carbons (Fsp3) is 0.152. The second kappa shape index (κ2) is 17.1. The van der Waals surface area contributed by atoms with E-state index in [1.807, 2.05) is 0 Å². The Bertz CT molecular complexity index is 2800. The highest BCUT2D eigenvalue weighted by atomic mass is 16.6. The van der Waals surface area contributed by atoms with Crippen LogP contribution >= 0.6 is 0 Å². The highest BCUT2D eigenvalue weighted by molar-refractivity contribution is 5.91. The van der Waals surface area contributed by atoms with E-state index in [1.54, 1.807) is 19.1 Å². The summed E-state index contributed by atoms with van der Waals surface area (Å²) in [5.74, 6) is -7.15. The second-order valence-electron chi connectivity index (χ2n) is 15.1. The molecule has 2 aliphatic rings. The molecule has 19 heteroatoms. The highest BCUT2D eigenvalue weighted by Gasteiger charge is 2.38. The van der Waals surface area contributed by atoms with Gasteiger partial charge in [0.1, 0.15) is 52.5 Å². The van der Waals surface area contributed by atoms with Gasteiger partial charge < -0.3 is 90.4 Å². The normalized spacial score (nSPS) is 17.2. The lowest BCUT2D eigenvalue weighted by Crippen LogP contribution is -2.34. The van der Waals surface area contributed by atoms with Crippen molar-refractivity contribution in [1.29, 1.82) is 0 Å². The summed E-state index contributed by atoms with van der Waals surface area (Å²) in [5, 5.41) is 138. The average Bonchev–Trinajstić information content (AvgIpc) is 3.24. The van der Waals surface area contributed by atoms with Crippen LogP contribution in [0.3, 0.4) is 0 Å². The smallest absolute Gasteiger partial charge is 0.338 e. The monoisotopic (exact) mass is 896 g/mol. The van der Waals surface area contributed by atoms with Gasteiger partial charge in [-0.3, -0.25) is 0 Å². The van der Waals surface area contributed by atoms with E-state index in [0.29, 0.717) is 22.3 Å². The summed E-state index contributed by atoms with van der Waals surface area (Å²) in [5.41, 5.74) is 1.75. The van der Waals surface area contributed by atoms with Gasteiger partial charge in [0.15, 0.2) is 69.7 Å². The Morgan fingerprint density at radius 1 is 0.492 bits per heavy atom. The number of hydrogen-bond donors (Lipinski definition) is 14. The number of phenolic OH excluding ortho intramolecular Hbond substituents is 14. The number of carbonyl (C=O) groups excluding carboxylic acids is 1. The fourth-order valence-electron chi connectivity index (χ4n) is 7.28. The minimum atomic E-state index is -1.18. The van der Waals surface area contributed by atoms with Crippen LogP contribution in [0, 0.1) is 6.92 Å². The summed E-state index contributed by atoms with van der Waals surface area (Å²) in [6.45, 7) is 5.54. The molecule has 0 unspecified atom stereocenters. The Morgan fingerprint density at radius 3 is 1.45 bits per heavy atom. The van der Waals surface area contributed by atoms with Crippen molar-refractivity contribution < 1.29 is 95.2 Å². The van der Waals surface area contributed by atoms with Crippen molar-refractivity contribution >= 4 is 11.7 Å². The minimum Gasteiger partial charge on any atom is -0.508 e. The molecule has 2 heterocycles. The van der Waals surface area contributed by atoms with Crippen LogP contribution < -0.4 is 9.47 Å². The molecule has 14 N–H and O–H groups in total. The first-order chi connectivity index (χ1) is 30.7. The van der Waals surface area contributed by atoms with Gasteiger partial charge in [0.05, 0.1) is 5.56 Å². The predicted octanol–water partition coefficient (Wildman–Crippen LogP) is 6.19. The van der Waals surface area contributed by atoms with Gasteiger partial charge in [0.25, 0.3) is 0 Å². The van der Waals surface area contributed by atoms with Gasteiger partial charge in [-0.05, 0) is 61.0 Å². The third-order valence-electron chi connectivity index (χ3n) is 10.5. The summed E-state index contributed by atoms with van der Waals surface area (Å²) in [6, 6.07) is 15.9. The molecule has 6 aromatic rings. The van der Waals surface area contributed by atoms with E-state index >= 15 is 0 Å². The topological polar surface area (TPSA) is 337 Å². The third kappa shape index (κ3) is 8.91. The first-order valence-corrected chi connectivity index (χ1v) is 19.2. The molecule has 65 heavy (non-hydrogen) atoms. The number of hydrogen-bond acceptors (Lipinski definition) is 19. The first-order valence-electron chi connectivity index (χ1n) is 19.2. The third-order valence-corrected chi connectivity index (χ3v) is 10.5. The molecule has 0 fully saturated rings. The molecule has 6 aromatic carbocycles. The minimum absolute atomic E-state index is 0.0526. The summed E-state index contributed by atoms with van der Waals surface area (Å²) in [7, 11) is 0. The number of aryl methyl sites for hydroxylation is 1. The molecule has 19 nitrogen and oxygen atoms in total. The number of fused-ring (bicyclic) bond motifs is 2. The van der Waals surface area contributed by atoms with Crippen LogP contribution in [0.25, 0.3) is 5.76 Å². The molecular weight excluding hydrogens is 856 g/mol. The number of rotatable bonds is 7. The molecule has 338 valence electrons. The van der Waals surface area contributed by atoms with Gasteiger partial charge in [-0.1, -0.05) is 12.6 Å². The lowest BCUT2D eigenvalue weighted by molar-refractivity contribution is -0.0189. The maximum atomic E-state index is 12.7. The zero-order valence-electron chi connectivity index (χ0n) is 33.7. The van der Waals surface area contributed by atoms with Gasteiger partial charge in [-0.25, -0.2) is 4.79 Å². The fourth-order valence-corrected chi connectivity index (χ4v) is 7.28. The van der Waals surface area contributed by atoms with E-state index in [0.717, 1.165) is 30.3 Å². The molecule has 0 saturated carbocycles. The number of ether oxygens (including phenoxy) is 4. The van der Waals surface area contributed by atoms with Crippen molar-refractivity contribution in [3.05, 3.63) is 124 Å². The van der Waals surface area contributed by atoms with Crippen molar-refractivity contribution in [2.24, 2.45) is 0 Å². The van der Waals surface area contributed by atoms with E-state index in [-0.39, 0.29) is 92.8 Å². The van der Waals surface area contributed by atoms with E-state index < -0.39 is 64.9 Å². The van der Waals surface area contributed by atoms with Crippen LogP contribution in [0.1, 0.15) is 55.9 Å². The van der Waals surface area contributed by atoms with Crippen LogP contribution in [0.2, 0.25) is 0 Å². The maximum Gasteiger partial charge on any atom is 0.338 e. The Labute approximate surface area is 366 Å². The van der Waals surface area contributed by atoms with Crippen molar-refractivity contribution in [3.63, 3.8) is 0 Å². The zero-order chi connectivity index (χ0) is 47.2. The van der Waals surface area contributed by atoms with Gasteiger partial charge in [0, 0.05) is 64.9 Å². The van der Waals surface area contributed by atoms with E-state index in [1.165, 1.54) is 36.4 Å². The highest BCUT2D eigenvalue weighted by Crippen LogP contribution is 2.48. The van der Waals surface area contributed by atoms with Crippen molar-refractivity contribution in [1.82, 2.24) is 0 Å². The van der Waals surface area contributed by atoms with E-state index in [2.05, 4.69) is 6.58 Å². The summed E-state index contributed by atoms with van der Waals surface area (Å²) < 4.78 is 23.4. The van der Waals surface area contributed by atoms with E-state index in [4.69, 9.17) is 18.9 Å². The molecule has 0 amide bonds. The predicted molar refractivity (Wildman–Crippen MR) is 224 cm³/mol. The summed E-state index contributed by atoms with van der Waals surface area (Å²) in [4.78, 5) is 12.7. The average molecular weight is 897 g/mol. The standard InChI is InChI=1S/C24H22O8.C22H18O11/c1-11-5-14(7-20(29)23(11)30)12(2)31-22-10-16-18(27)8-15(25)9-21(16)32-24(22)13-3-4-17(26)19(28)6-13;23-10-5-12(24)11-7-18(33-22(31)9-3-15(27)20(30)16(28)4-9)21(32-17(11)6-10)8-1-13(25)19(29)14(26)2-8/h3-9,22,24-30H,2,10H2,1H3;1-6,18,21,23-30H,7H2/t22-,24-;18-,21-/m11/s1. The van der Waals surface area contributed by atoms with Crippen LogP contribution in [0.15, 0.2) is 85.4 Å². The number of phenols is 14. The summed E-state index contributed by atoms with van der Waals surface area (Å²) in [6.07, 6.45) is -3.84. The van der Waals surface area contributed by atoms with Crippen LogP contribution in [0.4, 0.5) is 0 Å². The first kappa shape index (κ1) is 44.2. The molecule has 0 aliphatic carbocycles. The summed E-state index contributed by atoms with van der Waals surface area (Å²) >= 11 is 0. The number of esters is 1. The van der Waals surface area contributed by atoms with E-state index in [9.17, 15) is 76.3 Å². The van der Waals surface area contributed by atoms with Gasteiger partial charge in [0.2, 0.25) is 0 Å². The molecule has 0 radical (unpaired) electrons. The van der Waals surface area contributed by atoms with Crippen molar-refractivity contribution in [2.45, 2.75) is 44.2 Å². The van der Waals surface area contributed by atoms with Crippen LogP contribution in [-0.4, -0.2) is 89.7 Å². The lowest BCUT2D eigenvalue weighted by atomic mass is 9.93. The molecule has 2 aliphatic heterocycles. The van der Waals surface area contributed by atoms with Gasteiger partial charge in [-0.2, -0.15) is 0 Å². The number of benzene rings is 6. The number of aromatic hydroxyl groups is 14. The van der Waals surface area contributed by atoms with Gasteiger partial charge in [-0.15, -0.1) is 0 Å². The van der Waals surface area contributed by atoms with Crippen LogP contribution in [-0.2, 0) is 22.3 Å². The Balaban J connectivity index is 0.000000194. The van der Waals surface area contributed by atoms with Crippen molar-refractivity contribution in [2.75, 3.05) is 0 Å². The molecule has 0 aromatic heterocycles. The largest absolute Gasteiger partial charge is 0.508 e. The lowest BCUT2D eigenvalue weighted by Gasteiger charge is -2.35. The number of carbonyl (C=O) groups is 1. The van der Waals surface area contributed by atoms with Gasteiger partial charge >= 0.3 is 5.97 Å². The quantitative estimate of drug-likeness (QED) is 0.0482. The molecule has 0 bridgehead atoms. The molecule has 8 rings (SSSR count). The maximum absolute atomic E-state index is 12.7. The Hall–Kier alpha value is -8.87. The Kier molecular flexibility index (Phi) is 11.6. The van der Waals surface area contributed by atoms with Crippen LogP contribution in [0.5, 0.6) is 92.0 Å². The zero-order valence-corrected chi connectivity index (χ0v) is 33.7. The second-order valence-corrected chi connectivity index (χ2v) is 15.1. The molecule has 4 atom stereocenters. The molecular formula is C46H40O19. The Morgan fingerprint density at radius 2 is 0.938 bits per heavy atom. The van der Waals surface area contributed by atoms with Crippen molar-refractivity contribution in [3.8, 4) is 92.0 Å². The molecule has 0 saturated heterocycles. The SMILES string of the molecule is C=C(O[C@@H]1Cc2c(O)cc(O)cc2O[C@@H]1c1ccc(O)c(O)c1)c1cc(C)c(O)c(O)c1.O=C(O[C@@H]1Cc2c(O)cc(O)cc2O[C@@H]1c1cc(O)c(O)c(O)c1)c1cc(O)c(O)c(O)c1. The molecule has 0 spiro atoms.